The van der Waals surface area contributed by atoms with E-state index in [-0.39, 0.29) is 6.54 Å². The standard InChI is InChI=1S/C14H15BrFNO3.C2H6/c1-7-8-6-17(13(19)20-14(2,3)4)12(18)11(8)9(15)5-10(7)16;1-2/h5H,6H2,1-4H3;1-2H3. The molecule has 1 aliphatic heterocycles. The number of carbonyl (C=O) groups excluding carboxylic acids is 2. The van der Waals surface area contributed by atoms with Crippen LogP contribution in [-0.2, 0) is 11.3 Å². The average molecular weight is 374 g/mol. The van der Waals surface area contributed by atoms with Gasteiger partial charge >= 0.3 is 6.09 Å². The Balaban J connectivity index is 0.00000116. The van der Waals surface area contributed by atoms with E-state index in [0.717, 1.165) is 4.90 Å². The van der Waals surface area contributed by atoms with Crippen LogP contribution in [0.25, 0.3) is 0 Å². The van der Waals surface area contributed by atoms with Crippen molar-refractivity contribution >= 4 is 27.9 Å². The third kappa shape index (κ3) is 3.66. The maximum absolute atomic E-state index is 13.7. The van der Waals surface area contributed by atoms with Crippen molar-refractivity contribution < 1.29 is 18.7 Å². The van der Waals surface area contributed by atoms with Crippen LogP contribution >= 0.6 is 15.9 Å². The van der Waals surface area contributed by atoms with E-state index in [1.165, 1.54) is 6.07 Å². The molecular weight excluding hydrogens is 353 g/mol. The van der Waals surface area contributed by atoms with E-state index in [4.69, 9.17) is 4.74 Å². The van der Waals surface area contributed by atoms with E-state index in [1.54, 1.807) is 27.7 Å². The van der Waals surface area contributed by atoms with Gasteiger partial charge in [0.15, 0.2) is 0 Å². The van der Waals surface area contributed by atoms with E-state index in [9.17, 15) is 14.0 Å². The minimum absolute atomic E-state index is 0.0330. The van der Waals surface area contributed by atoms with Crippen molar-refractivity contribution in [1.29, 1.82) is 0 Å². The van der Waals surface area contributed by atoms with Crippen LogP contribution in [-0.4, -0.2) is 22.5 Å². The van der Waals surface area contributed by atoms with Gasteiger partial charge in [-0.3, -0.25) is 4.79 Å². The monoisotopic (exact) mass is 373 g/mol. The summed E-state index contributed by atoms with van der Waals surface area (Å²) in [5.74, 6) is -0.876. The molecular formula is C16H21BrFNO3. The molecule has 1 aliphatic rings. The number of amides is 2. The van der Waals surface area contributed by atoms with Crippen LogP contribution in [0.3, 0.4) is 0 Å². The molecule has 0 aliphatic carbocycles. The highest BCUT2D eigenvalue weighted by Gasteiger charge is 2.38. The van der Waals surface area contributed by atoms with Gasteiger partial charge in [0, 0.05) is 4.47 Å². The van der Waals surface area contributed by atoms with Crippen molar-refractivity contribution in [1.82, 2.24) is 4.90 Å². The SMILES string of the molecule is CC.Cc1c(F)cc(Br)c2c1CN(C(=O)OC(C)(C)C)C2=O. The summed E-state index contributed by atoms with van der Waals surface area (Å²) in [7, 11) is 0. The molecule has 1 aromatic rings. The van der Waals surface area contributed by atoms with E-state index in [2.05, 4.69) is 15.9 Å². The molecule has 0 spiro atoms. The Morgan fingerprint density at radius 3 is 2.41 bits per heavy atom. The first-order chi connectivity index (χ1) is 10.1. The maximum Gasteiger partial charge on any atom is 0.417 e. The number of imide groups is 1. The van der Waals surface area contributed by atoms with Gasteiger partial charge in [-0.25, -0.2) is 14.1 Å². The molecule has 6 heteroatoms. The van der Waals surface area contributed by atoms with Crippen LogP contribution in [0.5, 0.6) is 0 Å². The van der Waals surface area contributed by atoms with Gasteiger partial charge in [0.2, 0.25) is 0 Å². The second-order valence-electron chi connectivity index (χ2n) is 5.69. The third-order valence-electron chi connectivity index (χ3n) is 2.99. The van der Waals surface area contributed by atoms with Crippen LogP contribution in [0.4, 0.5) is 9.18 Å². The largest absolute Gasteiger partial charge is 0.443 e. The normalized spacial score (nSPS) is 13.5. The highest BCUT2D eigenvalue weighted by atomic mass is 79.9. The Morgan fingerprint density at radius 1 is 1.36 bits per heavy atom. The van der Waals surface area contributed by atoms with Crippen molar-refractivity contribution in [2.75, 3.05) is 0 Å². The summed E-state index contributed by atoms with van der Waals surface area (Å²) in [6, 6.07) is 1.24. The summed E-state index contributed by atoms with van der Waals surface area (Å²) < 4.78 is 19.2. The maximum atomic E-state index is 13.7. The number of hydrogen-bond acceptors (Lipinski definition) is 3. The molecule has 0 atom stereocenters. The molecule has 0 radical (unpaired) electrons. The summed E-state index contributed by atoms with van der Waals surface area (Å²) in [6.07, 6.45) is -0.717. The van der Waals surface area contributed by atoms with Gasteiger partial charge in [-0.1, -0.05) is 13.8 Å². The zero-order chi connectivity index (χ0) is 17.2. The number of benzene rings is 1. The lowest BCUT2D eigenvalue weighted by Gasteiger charge is -2.23. The van der Waals surface area contributed by atoms with Gasteiger partial charge in [-0.05, 0) is 60.8 Å². The molecule has 0 unspecified atom stereocenters. The molecule has 2 rings (SSSR count). The summed E-state index contributed by atoms with van der Waals surface area (Å²) in [4.78, 5) is 25.3. The molecule has 0 N–H and O–H groups in total. The first-order valence-corrected chi connectivity index (χ1v) is 7.93. The summed E-state index contributed by atoms with van der Waals surface area (Å²) in [5.41, 5.74) is 0.536. The fourth-order valence-corrected chi connectivity index (χ4v) is 2.64. The van der Waals surface area contributed by atoms with Crippen molar-refractivity contribution in [2.45, 2.75) is 53.7 Å². The van der Waals surface area contributed by atoms with Crippen LogP contribution in [0.1, 0.15) is 56.1 Å². The molecule has 22 heavy (non-hydrogen) atoms. The number of ether oxygens (including phenoxy) is 1. The van der Waals surface area contributed by atoms with E-state index < -0.39 is 23.4 Å². The molecule has 122 valence electrons. The van der Waals surface area contributed by atoms with Gasteiger partial charge < -0.3 is 4.74 Å². The van der Waals surface area contributed by atoms with E-state index in [0.29, 0.717) is 21.2 Å². The van der Waals surface area contributed by atoms with Crippen molar-refractivity contribution in [2.24, 2.45) is 0 Å². The highest BCUT2D eigenvalue weighted by Crippen LogP contribution is 2.34. The van der Waals surface area contributed by atoms with E-state index >= 15 is 0 Å². The van der Waals surface area contributed by atoms with Gasteiger partial charge in [0.25, 0.3) is 5.91 Å². The quantitative estimate of drug-likeness (QED) is 0.655. The van der Waals surface area contributed by atoms with Crippen molar-refractivity contribution in [3.8, 4) is 0 Å². The van der Waals surface area contributed by atoms with Gasteiger partial charge in [-0.2, -0.15) is 0 Å². The van der Waals surface area contributed by atoms with Gasteiger partial charge in [0.1, 0.15) is 11.4 Å². The van der Waals surface area contributed by atoms with Gasteiger partial charge in [0.05, 0.1) is 12.1 Å². The second kappa shape index (κ2) is 6.77. The molecule has 0 saturated heterocycles. The van der Waals surface area contributed by atoms with Crippen molar-refractivity contribution in [3.63, 3.8) is 0 Å². The van der Waals surface area contributed by atoms with Crippen LogP contribution in [0, 0.1) is 12.7 Å². The molecule has 0 bridgehead atoms. The van der Waals surface area contributed by atoms with Gasteiger partial charge in [-0.15, -0.1) is 0 Å². The zero-order valence-electron chi connectivity index (χ0n) is 13.7. The average Bonchev–Trinajstić information content (AvgIpc) is 2.75. The lowest BCUT2D eigenvalue weighted by Crippen LogP contribution is -2.36. The first kappa shape index (κ1) is 18.6. The number of carbonyl (C=O) groups is 2. The minimum Gasteiger partial charge on any atom is -0.443 e. The molecule has 0 fully saturated rings. The Labute approximate surface area is 138 Å². The smallest absolute Gasteiger partial charge is 0.417 e. The first-order valence-electron chi connectivity index (χ1n) is 7.14. The molecule has 4 nitrogen and oxygen atoms in total. The van der Waals surface area contributed by atoms with E-state index in [1.807, 2.05) is 13.8 Å². The topological polar surface area (TPSA) is 46.6 Å². The predicted octanol–water partition coefficient (Wildman–Crippen LogP) is 4.81. The number of nitrogens with zero attached hydrogens (tertiary/aromatic N) is 1. The Bertz CT molecular complexity index is 608. The molecule has 1 aromatic carbocycles. The second-order valence-corrected chi connectivity index (χ2v) is 6.54. The summed E-state index contributed by atoms with van der Waals surface area (Å²) in [6.45, 7) is 10.8. The molecule has 0 aromatic heterocycles. The fraction of sp³-hybridized carbons (Fsp3) is 0.500. The molecule has 0 saturated carbocycles. The predicted molar refractivity (Wildman–Crippen MR) is 86.3 cm³/mol. The molecule has 2 amide bonds. The Kier molecular flexibility index (Phi) is 5.73. The fourth-order valence-electron chi connectivity index (χ4n) is 2.03. The number of fused-ring (bicyclic) bond motifs is 1. The lowest BCUT2D eigenvalue weighted by atomic mass is 10.0. The number of rotatable bonds is 0. The van der Waals surface area contributed by atoms with Crippen LogP contribution < -0.4 is 0 Å². The summed E-state index contributed by atoms with van der Waals surface area (Å²) in [5, 5.41) is 0. The van der Waals surface area contributed by atoms with Crippen LogP contribution in [0.15, 0.2) is 10.5 Å². The van der Waals surface area contributed by atoms with Crippen LogP contribution in [0.2, 0.25) is 0 Å². The third-order valence-corrected chi connectivity index (χ3v) is 3.62. The Hall–Kier alpha value is -1.43. The number of hydrogen-bond donors (Lipinski definition) is 0. The zero-order valence-corrected chi connectivity index (χ0v) is 15.3. The van der Waals surface area contributed by atoms with Crippen molar-refractivity contribution in [3.05, 3.63) is 33.0 Å². The molecule has 1 heterocycles. The highest BCUT2D eigenvalue weighted by molar-refractivity contribution is 9.10. The summed E-state index contributed by atoms with van der Waals surface area (Å²) >= 11 is 3.17. The number of halogens is 2. The Morgan fingerprint density at radius 2 is 1.91 bits per heavy atom. The minimum atomic E-state index is -0.717. The lowest BCUT2D eigenvalue weighted by molar-refractivity contribution is 0.0248.